The lowest BCUT2D eigenvalue weighted by atomic mass is 10.0. The van der Waals surface area contributed by atoms with E-state index in [1.165, 1.54) is 12.1 Å². The maximum Gasteiger partial charge on any atom is 0.276 e. The molecule has 0 spiro atoms. The summed E-state index contributed by atoms with van der Waals surface area (Å²) in [4.78, 5) is 15.2. The van der Waals surface area contributed by atoms with Crippen molar-refractivity contribution < 1.29 is 9.18 Å². The third-order valence-electron chi connectivity index (χ3n) is 5.58. The second-order valence-corrected chi connectivity index (χ2v) is 7.28. The van der Waals surface area contributed by atoms with E-state index in [1.807, 2.05) is 37.4 Å². The summed E-state index contributed by atoms with van der Waals surface area (Å²) in [6.07, 6.45) is 1.85. The number of hydrogen-bond donors (Lipinski definition) is 0. The molecule has 3 heterocycles. The van der Waals surface area contributed by atoms with E-state index >= 15 is 0 Å². The van der Waals surface area contributed by atoms with E-state index in [0.29, 0.717) is 23.6 Å². The number of likely N-dealkylation sites (tertiary alicyclic amines) is 1. The first-order chi connectivity index (χ1) is 13.4. The molecule has 1 atom stereocenters. The molecule has 1 unspecified atom stereocenters. The maximum atomic E-state index is 13.3. The second kappa shape index (κ2) is 6.85. The van der Waals surface area contributed by atoms with E-state index in [2.05, 4.69) is 15.4 Å². The van der Waals surface area contributed by atoms with Crippen LogP contribution in [0.2, 0.25) is 0 Å². The highest BCUT2D eigenvalue weighted by atomic mass is 19.1. The van der Waals surface area contributed by atoms with Gasteiger partial charge in [-0.05, 0) is 57.9 Å². The van der Waals surface area contributed by atoms with Gasteiger partial charge >= 0.3 is 0 Å². The molecule has 0 bridgehead atoms. The minimum absolute atomic E-state index is 0.00317. The number of amides is 1. The van der Waals surface area contributed by atoms with Gasteiger partial charge < -0.3 is 4.90 Å². The molecule has 3 aromatic rings. The SMILES string of the molecule is Cc1nn(C)c(C)c1C1CCCN1C(=O)c1nnn(-c2ccc(F)cc2)c1C. The molecule has 8 heteroatoms. The fourth-order valence-corrected chi connectivity index (χ4v) is 4.07. The van der Waals surface area contributed by atoms with Crippen molar-refractivity contribution >= 4 is 5.91 Å². The smallest absolute Gasteiger partial charge is 0.276 e. The minimum atomic E-state index is -0.320. The van der Waals surface area contributed by atoms with Crippen molar-refractivity contribution in [1.82, 2.24) is 29.7 Å². The molecular weight excluding hydrogens is 359 g/mol. The molecule has 146 valence electrons. The number of rotatable bonds is 3. The summed E-state index contributed by atoms with van der Waals surface area (Å²) < 4.78 is 16.6. The molecule has 1 aliphatic rings. The number of aromatic nitrogens is 5. The van der Waals surface area contributed by atoms with Crippen LogP contribution in [-0.4, -0.2) is 42.1 Å². The third-order valence-corrected chi connectivity index (χ3v) is 5.58. The Morgan fingerprint density at radius 3 is 2.50 bits per heavy atom. The Morgan fingerprint density at radius 1 is 1.14 bits per heavy atom. The van der Waals surface area contributed by atoms with Crippen molar-refractivity contribution in [3.8, 4) is 5.69 Å². The summed E-state index contributed by atoms with van der Waals surface area (Å²) in [5, 5.41) is 12.8. The zero-order valence-electron chi connectivity index (χ0n) is 16.5. The molecule has 7 nitrogen and oxygen atoms in total. The van der Waals surface area contributed by atoms with Gasteiger partial charge in [-0.3, -0.25) is 9.48 Å². The normalized spacial score (nSPS) is 16.8. The van der Waals surface area contributed by atoms with Crippen LogP contribution in [0.25, 0.3) is 5.69 Å². The first-order valence-corrected chi connectivity index (χ1v) is 9.37. The van der Waals surface area contributed by atoms with Crippen LogP contribution < -0.4 is 0 Å². The highest BCUT2D eigenvalue weighted by Crippen LogP contribution is 2.36. The summed E-state index contributed by atoms with van der Waals surface area (Å²) in [6, 6.07) is 5.96. The Balaban J connectivity index is 1.67. The van der Waals surface area contributed by atoms with Crippen LogP contribution in [0.5, 0.6) is 0 Å². The van der Waals surface area contributed by atoms with Crippen molar-refractivity contribution in [2.75, 3.05) is 6.54 Å². The Kier molecular flexibility index (Phi) is 4.49. The van der Waals surface area contributed by atoms with Gasteiger partial charge in [0, 0.05) is 24.8 Å². The molecule has 0 N–H and O–H groups in total. The van der Waals surface area contributed by atoms with Crippen LogP contribution in [0, 0.1) is 26.6 Å². The molecular formula is C20H23FN6O. The van der Waals surface area contributed by atoms with Gasteiger partial charge in [-0.25, -0.2) is 9.07 Å². The monoisotopic (exact) mass is 382 g/mol. The van der Waals surface area contributed by atoms with E-state index in [4.69, 9.17) is 0 Å². The highest BCUT2D eigenvalue weighted by molar-refractivity contribution is 5.93. The molecule has 0 saturated carbocycles. The number of aryl methyl sites for hydroxylation is 2. The number of nitrogens with zero attached hydrogens (tertiary/aromatic N) is 6. The van der Waals surface area contributed by atoms with E-state index < -0.39 is 0 Å². The van der Waals surface area contributed by atoms with E-state index in [-0.39, 0.29) is 17.8 Å². The lowest BCUT2D eigenvalue weighted by Crippen LogP contribution is -2.32. The molecule has 0 radical (unpaired) electrons. The average molecular weight is 382 g/mol. The van der Waals surface area contributed by atoms with Crippen LogP contribution in [0.15, 0.2) is 24.3 Å². The summed E-state index contributed by atoms with van der Waals surface area (Å²) in [5.41, 5.74) is 4.79. The van der Waals surface area contributed by atoms with Crippen molar-refractivity contribution in [2.24, 2.45) is 7.05 Å². The largest absolute Gasteiger partial charge is 0.330 e. The summed E-state index contributed by atoms with van der Waals surface area (Å²) >= 11 is 0. The van der Waals surface area contributed by atoms with Gasteiger partial charge in [0.25, 0.3) is 5.91 Å². The molecule has 4 rings (SSSR count). The van der Waals surface area contributed by atoms with Crippen LogP contribution in [-0.2, 0) is 7.05 Å². The Bertz CT molecular complexity index is 1040. The van der Waals surface area contributed by atoms with Crippen LogP contribution in [0.4, 0.5) is 4.39 Å². The van der Waals surface area contributed by atoms with E-state index in [0.717, 1.165) is 29.8 Å². The molecule has 1 aliphatic heterocycles. The van der Waals surface area contributed by atoms with Gasteiger partial charge in [0.15, 0.2) is 5.69 Å². The fourth-order valence-electron chi connectivity index (χ4n) is 4.07. The molecule has 1 aromatic carbocycles. The molecule has 1 fully saturated rings. The standard InChI is InChI=1S/C20H23FN6O/c1-12-18(13(2)25(4)23-12)17-6-5-11-26(17)20(28)19-14(3)27(24-22-19)16-9-7-15(21)8-10-16/h7-10,17H,5-6,11H2,1-4H3. The number of hydrogen-bond acceptors (Lipinski definition) is 4. The lowest BCUT2D eigenvalue weighted by molar-refractivity contribution is 0.0728. The topological polar surface area (TPSA) is 68.8 Å². The average Bonchev–Trinajstić information content (AvgIpc) is 3.34. The number of carbonyl (C=O) groups excluding carboxylic acids is 1. The molecule has 2 aromatic heterocycles. The van der Waals surface area contributed by atoms with Crippen molar-refractivity contribution in [3.63, 3.8) is 0 Å². The molecule has 0 aliphatic carbocycles. The first-order valence-electron chi connectivity index (χ1n) is 9.37. The molecule has 1 amide bonds. The lowest BCUT2D eigenvalue weighted by Gasteiger charge is -2.24. The van der Waals surface area contributed by atoms with Crippen molar-refractivity contribution in [1.29, 1.82) is 0 Å². The number of carbonyl (C=O) groups is 1. The van der Waals surface area contributed by atoms with Gasteiger partial charge in [-0.15, -0.1) is 5.10 Å². The molecule has 1 saturated heterocycles. The van der Waals surface area contributed by atoms with Crippen molar-refractivity contribution in [3.05, 3.63) is 58.4 Å². The predicted octanol–water partition coefficient (Wildman–Crippen LogP) is 3.04. The minimum Gasteiger partial charge on any atom is -0.330 e. The predicted molar refractivity (Wildman–Crippen MR) is 102 cm³/mol. The summed E-state index contributed by atoms with van der Waals surface area (Å²) in [7, 11) is 1.92. The first kappa shape index (κ1) is 18.3. The van der Waals surface area contributed by atoms with E-state index in [1.54, 1.807) is 16.8 Å². The second-order valence-electron chi connectivity index (χ2n) is 7.28. The summed E-state index contributed by atoms with van der Waals surface area (Å²) in [5.74, 6) is -0.448. The Morgan fingerprint density at radius 2 is 1.86 bits per heavy atom. The van der Waals surface area contributed by atoms with Gasteiger partial charge in [-0.1, -0.05) is 5.21 Å². The highest BCUT2D eigenvalue weighted by Gasteiger charge is 2.35. The quantitative estimate of drug-likeness (QED) is 0.698. The fraction of sp³-hybridized carbons (Fsp3) is 0.400. The summed E-state index contributed by atoms with van der Waals surface area (Å²) in [6.45, 7) is 6.51. The van der Waals surface area contributed by atoms with Crippen LogP contribution in [0.3, 0.4) is 0 Å². The zero-order chi connectivity index (χ0) is 20.0. The third kappa shape index (κ3) is 2.89. The van der Waals surface area contributed by atoms with Gasteiger partial charge in [0.05, 0.1) is 23.1 Å². The zero-order valence-corrected chi connectivity index (χ0v) is 16.5. The van der Waals surface area contributed by atoms with Crippen LogP contribution in [0.1, 0.15) is 52.0 Å². The Labute approximate surface area is 162 Å². The maximum absolute atomic E-state index is 13.3. The van der Waals surface area contributed by atoms with E-state index in [9.17, 15) is 9.18 Å². The number of halogens is 1. The van der Waals surface area contributed by atoms with Gasteiger partial charge in [0.2, 0.25) is 0 Å². The van der Waals surface area contributed by atoms with Gasteiger partial charge in [-0.2, -0.15) is 5.10 Å². The van der Waals surface area contributed by atoms with Crippen molar-refractivity contribution in [2.45, 2.75) is 39.7 Å². The molecule has 28 heavy (non-hydrogen) atoms. The number of benzene rings is 1. The van der Waals surface area contributed by atoms with Gasteiger partial charge in [0.1, 0.15) is 5.82 Å². The van der Waals surface area contributed by atoms with Crippen LogP contribution >= 0.6 is 0 Å². The Hall–Kier alpha value is -3.03.